The van der Waals surface area contributed by atoms with Gasteiger partial charge < -0.3 is 15.0 Å². The van der Waals surface area contributed by atoms with Gasteiger partial charge in [0.1, 0.15) is 10.6 Å². The lowest BCUT2D eigenvalue weighted by atomic mass is 10.1. The van der Waals surface area contributed by atoms with E-state index in [1.165, 1.54) is 0 Å². The summed E-state index contributed by atoms with van der Waals surface area (Å²) in [6.07, 6.45) is 3.95. The van der Waals surface area contributed by atoms with Crippen LogP contribution in [0.4, 0.5) is 5.69 Å². The topological polar surface area (TPSA) is 79.0 Å². The molecule has 2 fully saturated rings. The zero-order valence-electron chi connectivity index (χ0n) is 19.4. The Hall–Kier alpha value is -2.58. The monoisotopic (exact) mass is 471 g/mol. The second-order valence-electron chi connectivity index (χ2n) is 8.98. The van der Waals surface area contributed by atoms with Crippen molar-refractivity contribution in [3.63, 3.8) is 0 Å². The van der Waals surface area contributed by atoms with Gasteiger partial charge in [-0.1, -0.05) is 12.1 Å². The SMILES string of the molecule is CC(C)Oc1ccc(CNC(=O)c2ccc(N3CCCC3)c(S(=O)(=O)N3CCCC3)c2)cc1. The Morgan fingerprint density at radius 2 is 1.61 bits per heavy atom. The summed E-state index contributed by atoms with van der Waals surface area (Å²) in [7, 11) is -3.65. The van der Waals surface area contributed by atoms with Gasteiger partial charge in [0.2, 0.25) is 10.0 Å². The van der Waals surface area contributed by atoms with E-state index < -0.39 is 10.0 Å². The number of hydrogen-bond acceptors (Lipinski definition) is 5. The number of rotatable bonds is 8. The molecule has 0 aliphatic carbocycles. The smallest absolute Gasteiger partial charge is 0.251 e. The van der Waals surface area contributed by atoms with Crippen LogP contribution in [-0.4, -0.2) is 50.9 Å². The number of carbonyl (C=O) groups is 1. The molecule has 0 radical (unpaired) electrons. The van der Waals surface area contributed by atoms with Crippen LogP contribution in [0.25, 0.3) is 0 Å². The number of amides is 1. The number of carbonyl (C=O) groups excluding carboxylic acids is 1. The molecule has 2 aliphatic rings. The fraction of sp³-hybridized carbons (Fsp3) is 0.480. The van der Waals surface area contributed by atoms with Crippen molar-refractivity contribution in [2.75, 3.05) is 31.1 Å². The molecule has 2 aromatic carbocycles. The molecule has 0 aromatic heterocycles. The summed E-state index contributed by atoms with van der Waals surface area (Å²) in [4.78, 5) is 15.3. The van der Waals surface area contributed by atoms with E-state index in [-0.39, 0.29) is 16.9 Å². The molecule has 1 N–H and O–H groups in total. The van der Waals surface area contributed by atoms with Crippen molar-refractivity contribution in [3.05, 3.63) is 53.6 Å². The molecule has 7 nitrogen and oxygen atoms in total. The Bertz CT molecular complexity index is 1070. The Labute approximate surface area is 196 Å². The third-order valence-corrected chi connectivity index (χ3v) is 8.03. The predicted molar refractivity (Wildman–Crippen MR) is 129 cm³/mol. The molecule has 2 heterocycles. The number of sulfonamides is 1. The maximum Gasteiger partial charge on any atom is 0.251 e. The highest BCUT2D eigenvalue weighted by atomic mass is 32.2. The van der Waals surface area contributed by atoms with Crippen molar-refractivity contribution in [1.82, 2.24) is 9.62 Å². The first-order valence-electron chi connectivity index (χ1n) is 11.8. The van der Waals surface area contributed by atoms with Gasteiger partial charge in [-0.3, -0.25) is 4.79 Å². The van der Waals surface area contributed by atoms with Gasteiger partial charge in [0.15, 0.2) is 0 Å². The van der Waals surface area contributed by atoms with Crippen LogP contribution >= 0.6 is 0 Å². The van der Waals surface area contributed by atoms with Crippen LogP contribution in [0.5, 0.6) is 5.75 Å². The predicted octanol–water partition coefficient (Wildman–Crippen LogP) is 3.79. The maximum absolute atomic E-state index is 13.4. The van der Waals surface area contributed by atoms with E-state index in [1.807, 2.05) is 38.1 Å². The molecule has 2 saturated heterocycles. The number of anilines is 1. The van der Waals surface area contributed by atoms with Crippen LogP contribution in [0.15, 0.2) is 47.4 Å². The van der Waals surface area contributed by atoms with Gasteiger partial charge >= 0.3 is 0 Å². The third-order valence-electron chi connectivity index (χ3n) is 6.10. The van der Waals surface area contributed by atoms with E-state index in [0.717, 1.165) is 50.1 Å². The van der Waals surface area contributed by atoms with Gasteiger partial charge in [-0.25, -0.2) is 8.42 Å². The lowest BCUT2D eigenvalue weighted by molar-refractivity contribution is 0.0950. The highest BCUT2D eigenvalue weighted by molar-refractivity contribution is 7.89. The van der Waals surface area contributed by atoms with E-state index >= 15 is 0 Å². The molecule has 4 rings (SSSR count). The highest BCUT2D eigenvalue weighted by Crippen LogP contribution is 2.32. The summed E-state index contributed by atoms with van der Waals surface area (Å²) < 4.78 is 34.1. The maximum atomic E-state index is 13.4. The first kappa shape index (κ1) is 23.6. The summed E-state index contributed by atoms with van der Waals surface area (Å²) in [5, 5.41) is 2.91. The number of benzene rings is 2. The van der Waals surface area contributed by atoms with Crippen molar-refractivity contribution in [3.8, 4) is 5.75 Å². The molecule has 0 atom stereocenters. The molecular weight excluding hydrogens is 438 g/mol. The van der Waals surface area contributed by atoms with Crippen LogP contribution in [0.2, 0.25) is 0 Å². The van der Waals surface area contributed by atoms with Gasteiger partial charge in [-0.05, 0) is 75.4 Å². The van der Waals surface area contributed by atoms with Crippen LogP contribution in [-0.2, 0) is 16.6 Å². The molecule has 0 saturated carbocycles. The van der Waals surface area contributed by atoms with Crippen LogP contribution in [0, 0.1) is 0 Å². The van der Waals surface area contributed by atoms with E-state index in [1.54, 1.807) is 22.5 Å². The van der Waals surface area contributed by atoms with Gasteiger partial charge in [-0.15, -0.1) is 0 Å². The van der Waals surface area contributed by atoms with E-state index in [2.05, 4.69) is 10.2 Å². The zero-order chi connectivity index (χ0) is 23.4. The van der Waals surface area contributed by atoms with Crippen molar-refractivity contribution in [2.24, 2.45) is 0 Å². The molecule has 0 spiro atoms. The van der Waals surface area contributed by atoms with Crippen molar-refractivity contribution >= 4 is 21.6 Å². The largest absolute Gasteiger partial charge is 0.491 e. The van der Waals surface area contributed by atoms with Gasteiger partial charge in [-0.2, -0.15) is 4.31 Å². The average Bonchev–Trinajstić information content (AvgIpc) is 3.52. The van der Waals surface area contributed by atoms with Crippen molar-refractivity contribution in [1.29, 1.82) is 0 Å². The van der Waals surface area contributed by atoms with E-state index in [4.69, 9.17) is 4.74 Å². The molecule has 2 aromatic rings. The molecule has 2 aliphatic heterocycles. The number of nitrogens with one attached hydrogen (secondary N) is 1. The number of ether oxygens (including phenoxy) is 1. The summed E-state index contributed by atoms with van der Waals surface area (Å²) in [5.74, 6) is 0.498. The summed E-state index contributed by atoms with van der Waals surface area (Å²) >= 11 is 0. The molecule has 33 heavy (non-hydrogen) atoms. The minimum Gasteiger partial charge on any atom is -0.491 e. The molecule has 1 amide bonds. The van der Waals surface area contributed by atoms with Crippen molar-refractivity contribution in [2.45, 2.75) is 57.1 Å². The highest BCUT2D eigenvalue weighted by Gasteiger charge is 2.32. The first-order chi connectivity index (χ1) is 15.8. The molecular formula is C25H33N3O4S. The van der Waals surface area contributed by atoms with Gasteiger partial charge in [0.05, 0.1) is 11.8 Å². The van der Waals surface area contributed by atoms with Crippen LogP contribution in [0.1, 0.15) is 55.5 Å². The fourth-order valence-electron chi connectivity index (χ4n) is 4.39. The third kappa shape index (κ3) is 5.50. The fourth-order valence-corrected chi connectivity index (χ4v) is 6.15. The normalized spacial score (nSPS) is 17.0. The first-order valence-corrected chi connectivity index (χ1v) is 13.2. The summed E-state index contributed by atoms with van der Waals surface area (Å²) in [6, 6.07) is 12.7. The Morgan fingerprint density at radius 1 is 0.970 bits per heavy atom. The van der Waals surface area contributed by atoms with E-state index in [0.29, 0.717) is 30.9 Å². The summed E-state index contributed by atoms with van der Waals surface area (Å²) in [5.41, 5.74) is 2.00. The van der Waals surface area contributed by atoms with Crippen LogP contribution < -0.4 is 15.0 Å². The summed E-state index contributed by atoms with van der Waals surface area (Å²) in [6.45, 7) is 7.05. The molecule has 0 unspecified atom stereocenters. The Kier molecular flexibility index (Phi) is 7.24. The number of nitrogens with zero attached hydrogens (tertiary/aromatic N) is 2. The molecule has 8 heteroatoms. The van der Waals surface area contributed by atoms with Gasteiger partial charge in [0.25, 0.3) is 5.91 Å². The Morgan fingerprint density at radius 3 is 2.24 bits per heavy atom. The lowest BCUT2D eigenvalue weighted by Gasteiger charge is -2.24. The van der Waals surface area contributed by atoms with Crippen LogP contribution in [0.3, 0.4) is 0 Å². The lowest BCUT2D eigenvalue weighted by Crippen LogP contribution is -2.31. The second kappa shape index (κ2) is 10.1. The van der Waals surface area contributed by atoms with E-state index in [9.17, 15) is 13.2 Å². The minimum absolute atomic E-state index is 0.102. The standard InChI is InChI=1S/C25H33N3O4S/c1-19(2)32-22-10-7-20(8-11-22)18-26-25(29)21-9-12-23(27-13-3-4-14-27)24(17-21)33(30,31)28-15-5-6-16-28/h7-12,17,19H,3-6,13-16,18H2,1-2H3,(H,26,29). The average molecular weight is 472 g/mol. The van der Waals surface area contributed by atoms with Crippen molar-refractivity contribution < 1.29 is 17.9 Å². The molecule has 178 valence electrons. The quantitative estimate of drug-likeness (QED) is 0.634. The minimum atomic E-state index is -3.65. The molecule has 0 bridgehead atoms. The van der Waals surface area contributed by atoms with Gasteiger partial charge in [0, 0.05) is 38.3 Å². The second-order valence-corrected chi connectivity index (χ2v) is 10.9. The zero-order valence-corrected chi connectivity index (χ0v) is 20.2. The number of hydrogen-bond donors (Lipinski definition) is 1. The Balaban J connectivity index is 1.53.